The molecule has 0 bridgehead atoms. The Morgan fingerprint density at radius 2 is 1.83 bits per heavy atom. The number of nitrogens with one attached hydrogen (secondary N) is 1. The van der Waals surface area contributed by atoms with Crippen LogP contribution in [0.1, 0.15) is 20.8 Å². The number of hydrogen-bond donors (Lipinski definition) is 1. The smallest absolute Gasteiger partial charge is 0.224 e. The van der Waals surface area contributed by atoms with Gasteiger partial charge in [-0.1, -0.05) is 12.1 Å². The van der Waals surface area contributed by atoms with Gasteiger partial charge in [-0.25, -0.2) is 18.1 Å². The summed E-state index contributed by atoms with van der Waals surface area (Å²) < 4.78 is 27.7. The zero-order valence-electron chi connectivity index (χ0n) is 10.3. The first-order chi connectivity index (χ1) is 7.78. The lowest BCUT2D eigenvalue weighted by Crippen LogP contribution is -2.40. The Balaban J connectivity index is 0.00000162. The molecule has 98 valence electrons. The summed E-state index contributed by atoms with van der Waals surface area (Å²) in [6.45, 7) is 5.41. The summed E-state index contributed by atoms with van der Waals surface area (Å²) in [5, 5.41) is 0. The molecule has 1 heterocycles. The van der Waals surface area contributed by atoms with E-state index in [1.54, 1.807) is 20.8 Å². The van der Waals surface area contributed by atoms with Crippen molar-refractivity contribution in [3.05, 3.63) is 24.3 Å². The predicted molar refractivity (Wildman–Crippen MR) is 77.3 cm³/mol. The highest BCUT2D eigenvalue weighted by atomic mass is 32.2. The third-order valence-electron chi connectivity index (χ3n) is 1.94. The van der Waals surface area contributed by atoms with Gasteiger partial charge in [0.2, 0.25) is 4.34 Å². The highest BCUT2D eigenvalue weighted by Gasteiger charge is 2.25. The Morgan fingerprint density at radius 1 is 1.22 bits per heavy atom. The molecule has 0 atom stereocenters. The Kier molecular flexibility index (Phi) is 4.42. The minimum absolute atomic E-state index is 0. The van der Waals surface area contributed by atoms with Crippen molar-refractivity contribution < 1.29 is 8.42 Å². The van der Waals surface area contributed by atoms with Crippen molar-refractivity contribution in [1.29, 1.82) is 0 Å². The second-order valence-corrected chi connectivity index (χ2v) is 7.69. The molecule has 0 aliphatic carbocycles. The van der Waals surface area contributed by atoms with Crippen LogP contribution in [-0.2, 0) is 10.0 Å². The van der Waals surface area contributed by atoms with Crippen LogP contribution in [-0.4, -0.2) is 18.9 Å². The molecule has 1 aromatic carbocycles. The Hall–Kier alpha value is -0.630. The van der Waals surface area contributed by atoms with Crippen molar-refractivity contribution in [3.63, 3.8) is 0 Å². The van der Waals surface area contributed by atoms with Crippen LogP contribution in [0.2, 0.25) is 0 Å². The maximum Gasteiger partial charge on any atom is 0.268 e. The van der Waals surface area contributed by atoms with Gasteiger partial charge in [-0.15, -0.1) is 11.3 Å². The fourth-order valence-corrected chi connectivity index (χ4v) is 4.05. The van der Waals surface area contributed by atoms with Gasteiger partial charge in [0, 0.05) is 19.0 Å². The number of thiazole rings is 1. The van der Waals surface area contributed by atoms with Crippen LogP contribution in [0.15, 0.2) is 28.6 Å². The molecule has 0 spiro atoms. The summed E-state index contributed by atoms with van der Waals surface area (Å²) in [5.41, 5.74) is 0.211. The van der Waals surface area contributed by atoms with Crippen LogP contribution in [0, 0.1) is 0 Å². The second-order valence-electron chi connectivity index (χ2n) is 4.80. The highest BCUT2D eigenvalue weighted by Crippen LogP contribution is 2.25. The van der Waals surface area contributed by atoms with Crippen LogP contribution >= 0.6 is 24.8 Å². The average molecular weight is 302 g/mol. The van der Waals surface area contributed by atoms with E-state index in [0.29, 0.717) is 5.52 Å². The minimum Gasteiger partial charge on any atom is -0.224 e. The summed E-state index contributed by atoms with van der Waals surface area (Å²) in [6, 6.07) is 7.38. The molecular weight excluding hydrogens is 288 g/mol. The average Bonchev–Trinajstić information content (AvgIpc) is 2.57. The van der Waals surface area contributed by atoms with E-state index in [9.17, 15) is 8.42 Å². The zero-order chi connectivity index (χ0) is 12.7. The van der Waals surface area contributed by atoms with Crippen LogP contribution in [0.3, 0.4) is 0 Å². The van der Waals surface area contributed by atoms with Crippen molar-refractivity contribution in [3.8, 4) is 0 Å². The molecular formula is C11H14N2O2S3. The molecule has 18 heavy (non-hydrogen) atoms. The molecule has 7 heteroatoms. The maximum atomic E-state index is 12.1. The van der Waals surface area contributed by atoms with E-state index in [1.165, 1.54) is 11.3 Å². The Labute approximate surface area is 118 Å². The number of aromatic nitrogens is 1. The van der Waals surface area contributed by atoms with E-state index in [-0.39, 0.29) is 17.8 Å². The monoisotopic (exact) mass is 302 g/mol. The molecule has 0 amide bonds. The van der Waals surface area contributed by atoms with Crippen LogP contribution < -0.4 is 4.72 Å². The first-order valence-electron chi connectivity index (χ1n) is 5.17. The summed E-state index contributed by atoms with van der Waals surface area (Å²) in [7, 11) is -3.52. The van der Waals surface area contributed by atoms with Crippen molar-refractivity contribution in [2.45, 2.75) is 30.6 Å². The number of sulfonamides is 1. The van der Waals surface area contributed by atoms with E-state index in [1.807, 2.05) is 24.3 Å². The van der Waals surface area contributed by atoms with E-state index in [4.69, 9.17) is 0 Å². The molecule has 0 aliphatic heterocycles. The molecule has 4 nitrogen and oxygen atoms in total. The quantitative estimate of drug-likeness (QED) is 0.927. The zero-order valence-corrected chi connectivity index (χ0v) is 12.7. The standard InChI is InChI=1S/C11H14N2O2S2.S/c1-11(2,3)13-17(14,15)10-12-8-6-4-5-7-9(8)16-10;/h4-7,13H,1-3H3;. The number of hydrogen-bond acceptors (Lipinski definition) is 4. The highest BCUT2D eigenvalue weighted by molar-refractivity contribution is 7.91. The van der Waals surface area contributed by atoms with Crippen LogP contribution in [0.25, 0.3) is 10.2 Å². The molecule has 2 aromatic rings. The fourth-order valence-electron chi connectivity index (χ4n) is 1.41. The van der Waals surface area contributed by atoms with Gasteiger partial charge in [0.25, 0.3) is 10.0 Å². The summed E-state index contributed by atoms with van der Waals surface area (Å²) in [6.07, 6.45) is 0. The van der Waals surface area contributed by atoms with Gasteiger partial charge in [0.15, 0.2) is 0 Å². The van der Waals surface area contributed by atoms with E-state index in [0.717, 1.165) is 4.70 Å². The number of benzene rings is 1. The summed E-state index contributed by atoms with van der Waals surface area (Å²) in [5.74, 6) is 0. The summed E-state index contributed by atoms with van der Waals surface area (Å²) in [4.78, 5) is 4.14. The van der Waals surface area contributed by atoms with Crippen molar-refractivity contribution in [1.82, 2.24) is 9.71 Å². The molecule has 0 saturated carbocycles. The predicted octanol–water partition coefficient (Wildman–Crippen LogP) is 3.02. The van der Waals surface area contributed by atoms with Crippen molar-refractivity contribution in [2.75, 3.05) is 0 Å². The number of para-hydroxylation sites is 1. The first-order valence-corrected chi connectivity index (χ1v) is 7.47. The minimum atomic E-state index is -3.52. The SMILES string of the molecule is CC(C)(C)NS(=O)(=O)c1nc2ccccc2s1.[S]. The van der Waals surface area contributed by atoms with E-state index >= 15 is 0 Å². The van der Waals surface area contributed by atoms with Gasteiger partial charge < -0.3 is 0 Å². The second kappa shape index (κ2) is 5.16. The molecule has 1 N–H and O–H groups in total. The van der Waals surface area contributed by atoms with Gasteiger partial charge in [-0.05, 0) is 32.9 Å². The normalized spacial score (nSPS) is 12.4. The van der Waals surface area contributed by atoms with Gasteiger partial charge in [0.1, 0.15) is 0 Å². The number of nitrogens with zero attached hydrogens (tertiary/aromatic N) is 1. The van der Waals surface area contributed by atoms with Crippen LogP contribution in [0.5, 0.6) is 0 Å². The number of rotatable bonds is 2. The lowest BCUT2D eigenvalue weighted by Gasteiger charge is -2.18. The molecule has 2 radical (unpaired) electrons. The topological polar surface area (TPSA) is 59.1 Å². The fraction of sp³-hybridized carbons (Fsp3) is 0.364. The van der Waals surface area contributed by atoms with Gasteiger partial charge in [0.05, 0.1) is 10.2 Å². The van der Waals surface area contributed by atoms with Crippen molar-refractivity contribution >= 4 is 45.1 Å². The molecule has 0 saturated heterocycles. The van der Waals surface area contributed by atoms with Gasteiger partial charge >= 0.3 is 0 Å². The first kappa shape index (κ1) is 15.4. The molecule has 2 rings (SSSR count). The van der Waals surface area contributed by atoms with Crippen molar-refractivity contribution in [2.24, 2.45) is 0 Å². The van der Waals surface area contributed by atoms with Gasteiger partial charge in [-0.2, -0.15) is 0 Å². The largest absolute Gasteiger partial charge is 0.268 e. The third-order valence-corrected chi connectivity index (χ3v) is 5.12. The Bertz CT molecular complexity index is 609. The molecule has 0 aliphatic rings. The van der Waals surface area contributed by atoms with E-state index in [2.05, 4.69) is 9.71 Å². The lowest BCUT2D eigenvalue weighted by molar-refractivity contribution is 0.491. The van der Waals surface area contributed by atoms with E-state index < -0.39 is 15.6 Å². The molecule has 1 aromatic heterocycles. The van der Waals surface area contributed by atoms with Gasteiger partial charge in [-0.3, -0.25) is 0 Å². The molecule has 0 unspecified atom stereocenters. The third kappa shape index (κ3) is 3.44. The molecule has 0 fully saturated rings. The van der Waals surface area contributed by atoms with Crippen LogP contribution in [0.4, 0.5) is 0 Å². The Morgan fingerprint density at radius 3 is 2.39 bits per heavy atom. The number of fused-ring (bicyclic) bond motifs is 1. The summed E-state index contributed by atoms with van der Waals surface area (Å²) >= 11 is 1.18. The lowest BCUT2D eigenvalue weighted by atomic mass is 10.1. The maximum absolute atomic E-state index is 12.1.